The van der Waals surface area contributed by atoms with Crippen LogP contribution in [0.2, 0.25) is 0 Å². The molecular weight excluding hydrogens is 304 g/mol. The molecule has 1 saturated heterocycles. The molecule has 0 aliphatic carbocycles. The Hall–Kier alpha value is -2.14. The number of nitrogens with zero attached hydrogens (tertiary/aromatic N) is 2. The van der Waals surface area contributed by atoms with E-state index in [4.69, 9.17) is 12.2 Å². The topological polar surface area (TPSA) is 32.6 Å². The molecule has 0 bridgehead atoms. The van der Waals surface area contributed by atoms with Crippen molar-refractivity contribution >= 4 is 28.7 Å². The molecule has 0 radical (unpaired) electrons. The summed E-state index contributed by atoms with van der Waals surface area (Å²) in [5.41, 5.74) is 4.91. The molecule has 0 spiro atoms. The molecule has 4 nitrogen and oxygen atoms in total. The van der Waals surface area contributed by atoms with Crippen molar-refractivity contribution in [2.45, 2.75) is 13.8 Å². The lowest BCUT2D eigenvalue weighted by molar-refractivity contribution is -0.377. The Labute approximate surface area is 143 Å². The van der Waals surface area contributed by atoms with E-state index < -0.39 is 0 Å². The van der Waals surface area contributed by atoms with Crippen LogP contribution in [-0.4, -0.2) is 36.2 Å². The molecule has 2 N–H and O–H groups in total. The normalized spacial score (nSPS) is 14.7. The number of nitrogens with one attached hydrogen (secondary N) is 2. The Kier molecular flexibility index (Phi) is 4.76. The van der Waals surface area contributed by atoms with E-state index in [9.17, 15) is 0 Å². The highest BCUT2D eigenvalue weighted by Crippen LogP contribution is 2.17. The smallest absolute Gasteiger partial charge is 0.173 e. The van der Waals surface area contributed by atoms with E-state index in [0.29, 0.717) is 0 Å². The Morgan fingerprint density at radius 1 is 1.00 bits per heavy atom. The zero-order chi connectivity index (χ0) is 16.2. The first kappa shape index (κ1) is 15.7. The van der Waals surface area contributed by atoms with E-state index in [-0.39, 0.29) is 0 Å². The molecule has 23 heavy (non-hydrogen) atoms. The van der Waals surface area contributed by atoms with E-state index in [1.54, 1.807) is 0 Å². The summed E-state index contributed by atoms with van der Waals surface area (Å²) in [7, 11) is 0. The predicted octanol–water partition coefficient (Wildman–Crippen LogP) is 2.64. The average Bonchev–Trinajstić information content (AvgIpc) is 2.59. The summed E-state index contributed by atoms with van der Waals surface area (Å²) in [4.78, 5) is 7.70. The molecule has 5 heteroatoms. The molecule has 120 valence electrons. The number of rotatable bonds is 2. The van der Waals surface area contributed by atoms with Gasteiger partial charge in [0.2, 0.25) is 0 Å². The summed E-state index contributed by atoms with van der Waals surface area (Å²) < 4.78 is 0. The minimum absolute atomic E-state index is 0.814. The minimum atomic E-state index is 0.814. The quantitative estimate of drug-likeness (QED) is 0.860. The van der Waals surface area contributed by atoms with Crippen molar-refractivity contribution in [3.63, 3.8) is 0 Å². The Morgan fingerprint density at radius 2 is 1.70 bits per heavy atom. The number of anilines is 2. The van der Waals surface area contributed by atoms with Crippen molar-refractivity contribution in [3.05, 3.63) is 53.9 Å². The summed E-state index contributed by atoms with van der Waals surface area (Å²) in [6, 6.07) is 10.6. The maximum absolute atomic E-state index is 5.58. The molecule has 0 unspecified atom stereocenters. The van der Waals surface area contributed by atoms with Gasteiger partial charge in [0.15, 0.2) is 17.5 Å². The van der Waals surface area contributed by atoms with Crippen LogP contribution in [0.15, 0.2) is 42.7 Å². The Balaban J connectivity index is 1.57. The summed E-state index contributed by atoms with van der Waals surface area (Å²) >= 11 is 5.58. The minimum Gasteiger partial charge on any atom is -0.368 e. The number of H-pyrrole nitrogens is 1. The number of aromatic nitrogens is 1. The van der Waals surface area contributed by atoms with Crippen LogP contribution in [0.5, 0.6) is 0 Å². The molecule has 0 amide bonds. The first-order valence-corrected chi connectivity index (χ1v) is 8.38. The lowest BCUT2D eigenvalue weighted by Crippen LogP contribution is -2.50. The standard InChI is InChI=1S/C18H22N4S/c1-14-3-4-16(13-15(14)2)20-18(23)22-11-9-21(10-12-22)17-5-7-19-8-6-17/h3-8,13H,9-12H2,1-2H3,(H,20,23)/p+1. The molecule has 2 aromatic rings. The first-order chi connectivity index (χ1) is 11.1. The van der Waals surface area contributed by atoms with Crippen molar-refractivity contribution in [2.24, 2.45) is 0 Å². The van der Waals surface area contributed by atoms with Gasteiger partial charge in [0.25, 0.3) is 0 Å². The van der Waals surface area contributed by atoms with Crippen molar-refractivity contribution in [1.82, 2.24) is 4.90 Å². The van der Waals surface area contributed by atoms with Gasteiger partial charge < -0.3 is 15.1 Å². The molecule has 1 aliphatic rings. The van der Waals surface area contributed by atoms with Crippen molar-refractivity contribution in [1.29, 1.82) is 0 Å². The maximum Gasteiger partial charge on any atom is 0.173 e. The Bertz CT molecular complexity index is 679. The number of hydrogen-bond acceptors (Lipinski definition) is 2. The fourth-order valence-corrected chi connectivity index (χ4v) is 3.08. The second-order valence-corrected chi connectivity index (χ2v) is 6.35. The highest BCUT2D eigenvalue weighted by atomic mass is 32.1. The van der Waals surface area contributed by atoms with Crippen molar-refractivity contribution < 1.29 is 4.98 Å². The molecule has 2 heterocycles. The molecular formula is C18H23N4S+. The van der Waals surface area contributed by atoms with Gasteiger partial charge in [-0.1, -0.05) is 6.07 Å². The van der Waals surface area contributed by atoms with Gasteiger partial charge in [0, 0.05) is 49.7 Å². The van der Waals surface area contributed by atoms with Crippen molar-refractivity contribution in [2.75, 3.05) is 36.4 Å². The van der Waals surface area contributed by atoms with Crippen molar-refractivity contribution in [3.8, 4) is 0 Å². The number of pyridine rings is 1. The summed E-state index contributed by atoms with van der Waals surface area (Å²) in [5, 5.41) is 4.18. The third kappa shape index (κ3) is 3.79. The van der Waals surface area contributed by atoms with Gasteiger partial charge in [0.05, 0.1) is 0 Å². The van der Waals surface area contributed by atoms with Gasteiger partial charge in [-0.05, 0) is 49.3 Å². The van der Waals surface area contributed by atoms with E-state index in [0.717, 1.165) is 37.0 Å². The van der Waals surface area contributed by atoms with E-state index in [2.05, 4.69) is 64.3 Å². The van der Waals surface area contributed by atoms with E-state index >= 15 is 0 Å². The lowest BCUT2D eigenvalue weighted by Gasteiger charge is -2.37. The van der Waals surface area contributed by atoms with Crippen LogP contribution in [0.25, 0.3) is 0 Å². The van der Waals surface area contributed by atoms with E-state index in [1.165, 1.54) is 16.8 Å². The van der Waals surface area contributed by atoms with Crippen LogP contribution in [0.3, 0.4) is 0 Å². The second-order valence-electron chi connectivity index (χ2n) is 5.96. The molecule has 1 aliphatic heterocycles. The van der Waals surface area contributed by atoms with Crippen LogP contribution >= 0.6 is 12.2 Å². The molecule has 0 atom stereocenters. The Morgan fingerprint density at radius 3 is 2.35 bits per heavy atom. The molecule has 3 rings (SSSR count). The SMILES string of the molecule is Cc1ccc(NC(=S)N2CCN(c3cc[nH+]cc3)CC2)cc1C. The van der Waals surface area contributed by atoms with Gasteiger partial charge >= 0.3 is 0 Å². The van der Waals surface area contributed by atoms with Crippen LogP contribution < -0.4 is 15.2 Å². The number of aromatic amines is 1. The molecule has 1 fully saturated rings. The van der Waals surface area contributed by atoms with Gasteiger partial charge in [-0.3, -0.25) is 0 Å². The van der Waals surface area contributed by atoms with Gasteiger partial charge in [-0.25, -0.2) is 4.98 Å². The molecule has 0 saturated carbocycles. The fourth-order valence-electron chi connectivity index (χ4n) is 2.78. The number of aryl methyl sites for hydroxylation is 2. The number of thiocarbonyl (C=S) groups is 1. The van der Waals surface area contributed by atoms with Crippen LogP contribution in [0.1, 0.15) is 11.1 Å². The van der Waals surface area contributed by atoms with Crippen LogP contribution in [-0.2, 0) is 0 Å². The maximum atomic E-state index is 5.58. The van der Waals surface area contributed by atoms with Crippen LogP contribution in [0.4, 0.5) is 11.4 Å². The molecule has 1 aromatic heterocycles. The summed E-state index contributed by atoms with van der Waals surface area (Å²) in [5.74, 6) is 0. The third-order valence-corrected chi connectivity index (χ3v) is 4.75. The first-order valence-electron chi connectivity index (χ1n) is 7.98. The fraction of sp³-hybridized carbons (Fsp3) is 0.333. The van der Waals surface area contributed by atoms with Gasteiger partial charge in [0.1, 0.15) is 0 Å². The third-order valence-electron chi connectivity index (χ3n) is 4.39. The van der Waals surface area contributed by atoms with E-state index in [1.807, 2.05) is 12.4 Å². The zero-order valence-corrected chi connectivity index (χ0v) is 14.5. The highest BCUT2D eigenvalue weighted by molar-refractivity contribution is 7.80. The number of piperazine rings is 1. The average molecular weight is 327 g/mol. The lowest BCUT2D eigenvalue weighted by atomic mass is 10.1. The zero-order valence-electron chi connectivity index (χ0n) is 13.7. The summed E-state index contributed by atoms with van der Waals surface area (Å²) in [6.45, 7) is 8.10. The van der Waals surface area contributed by atoms with Gasteiger partial charge in [-0.15, -0.1) is 0 Å². The van der Waals surface area contributed by atoms with Gasteiger partial charge in [-0.2, -0.15) is 0 Å². The second kappa shape index (κ2) is 6.96. The number of benzene rings is 1. The molecule has 1 aromatic carbocycles. The highest BCUT2D eigenvalue weighted by Gasteiger charge is 2.19. The number of hydrogen-bond donors (Lipinski definition) is 1. The predicted molar refractivity (Wildman–Crippen MR) is 98.9 cm³/mol. The van der Waals surface area contributed by atoms with Crippen LogP contribution in [0, 0.1) is 13.8 Å². The summed E-state index contributed by atoms with van der Waals surface area (Å²) in [6.07, 6.45) is 3.93. The largest absolute Gasteiger partial charge is 0.368 e. The monoisotopic (exact) mass is 327 g/mol.